The van der Waals surface area contributed by atoms with E-state index in [0.29, 0.717) is 16.0 Å². The Labute approximate surface area is 105 Å². The van der Waals surface area contributed by atoms with Gasteiger partial charge in [-0.2, -0.15) is 11.8 Å². The van der Waals surface area contributed by atoms with Crippen molar-refractivity contribution in [2.75, 3.05) is 5.75 Å². The molecule has 0 amide bonds. The molecular weight excluding hydrogens is 297 g/mol. The van der Waals surface area contributed by atoms with Gasteiger partial charge in [0.25, 0.3) is 0 Å². The molecule has 0 aliphatic carbocycles. The maximum atomic E-state index is 12.8. The Balaban J connectivity index is 2.46. The van der Waals surface area contributed by atoms with Crippen LogP contribution in [0.5, 0.6) is 0 Å². The number of aliphatic carboxylic acids is 1. The van der Waals surface area contributed by atoms with Gasteiger partial charge in [0, 0.05) is 16.0 Å². The number of halogens is 2. The minimum absolute atomic E-state index is 0.303. The highest BCUT2D eigenvalue weighted by atomic mass is 79.9. The number of carboxylic acid groups (broad SMARTS) is 1. The number of carboxylic acids is 1. The summed E-state index contributed by atoms with van der Waals surface area (Å²) in [5.74, 6) is -0.380. The van der Waals surface area contributed by atoms with Gasteiger partial charge in [0.05, 0.1) is 0 Å². The van der Waals surface area contributed by atoms with Gasteiger partial charge in [-0.05, 0) is 17.7 Å². The molecule has 0 saturated heterocycles. The molecule has 0 radical (unpaired) electrons. The molecule has 0 spiro atoms. The number of carbonyl (C=O) groups is 1. The predicted octanol–water partition coefficient (Wildman–Crippen LogP) is 2.23. The van der Waals surface area contributed by atoms with Gasteiger partial charge in [0.1, 0.15) is 11.9 Å². The lowest BCUT2D eigenvalue weighted by Crippen LogP contribution is -2.32. The number of hydrogen-bond donors (Lipinski definition) is 2. The summed E-state index contributed by atoms with van der Waals surface area (Å²) >= 11 is 4.65. The Hall–Kier alpha value is -0.590. The molecule has 0 fully saturated rings. The standard InChI is InChI=1S/C10H11BrFNO2S/c11-8-3-7(12)2-1-6(8)4-16-5-9(13)10(14)15/h1-3,9H,4-5,13H2,(H,14,15). The van der Waals surface area contributed by atoms with Crippen molar-refractivity contribution in [3.05, 3.63) is 34.1 Å². The topological polar surface area (TPSA) is 63.3 Å². The zero-order valence-corrected chi connectivity index (χ0v) is 10.7. The lowest BCUT2D eigenvalue weighted by atomic mass is 10.2. The molecule has 0 aromatic heterocycles. The van der Waals surface area contributed by atoms with Crippen LogP contribution in [0.25, 0.3) is 0 Å². The highest BCUT2D eigenvalue weighted by Gasteiger charge is 2.11. The second-order valence-corrected chi connectivity index (χ2v) is 5.08. The van der Waals surface area contributed by atoms with Crippen LogP contribution in [0.2, 0.25) is 0 Å². The van der Waals surface area contributed by atoms with Crippen molar-refractivity contribution in [2.45, 2.75) is 11.8 Å². The van der Waals surface area contributed by atoms with Gasteiger partial charge >= 0.3 is 5.97 Å². The Bertz CT molecular complexity index is 389. The normalized spacial score (nSPS) is 12.4. The number of benzene rings is 1. The van der Waals surface area contributed by atoms with Crippen molar-refractivity contribution in [1.29, 1.82) is 0 Å². The lowest BCUT2D eigenvalue weighted by Gasteiger charge is -2.07. The van der Waals surface area contributed by atoms with Crippen molar-refractivity contribution >= 4 is 33.7 Å². The molecule has 1 atom stereocenters. The predicted molar refractivity (Wildman–Crippen MR) is 65.9 cm³/mol. The molecule has 0 aliphatic rings. The smallest absolute Gasteiger partial charge is 0.321 e. The Morgan fingerprint density at radius 1 is 1.62 bits per heavy atom. The van der Waals surface area contributed by atoms with Crippen molar-refractivity contribution in [3.63, 3.8) is 0 Å². The molecule has 0 heterocycles. The molecule has 0 aliphatic heterocycles. The van der Waals surface area contributed by atoms with Crippen LogP contribution in [0.1, 0.15) is 5.56 Å². The highest BCUT2D eigenvalue weighted by Crippen LogP contribution is 2.22. The molecular formula is C10H11BrFNO2S. The van der Waals surface area contributed by atoms with Crippen LogP contribution < -0.4 is 5.73 Å². The molecule has 3 N–H and O–H groups in total. The van der Waals surface area contributed by atoms with Gasteiger partial charge in [-0.25, -0.2) is 4.39 Å². The first-order valence-electron chi connectivity index (χ1n) is 4.50. The zero-order chi connectivity index (χ0) is 12.1. The van der Waals surface area contributed by atoms with E-state index >= 15 is 0 Å². The Kier molecular flexibility index (Phi) is 5.24. The van der Waals surface area contributed by atoms with Crippen LogP contribution in [0.3, 0.4) is 0 Å². The molecule has 1 aromatic carbocycles. The van der Waals surface area contributed by atoms with E-state index < -0.39 is 12.0 Å². The molecule has 1 rings (SSSR count). The summed E-state index contributed by atoms with van der Waals surface area (Å²) in [5.41, 5.74) is 6.27. The van der Waals surface area contributed by atoms with E-state index in [1.165, 1.54) is 23.9 Å². The van der Waals surface area contributed by atoms with Crippen LogP contribution in [-0.2, 0) is 10.5 Å². The fraction of sp³-hybridized carbons (Fsp3) is 0.300. The lowest BCUT2D eigenvalue weighted by molar-refractivity contribution is -0.137. The maximum absolute atomic E-state index is 12.8. The molecule has 16 heavy (non-hydrogen) atoms. The first-order chi connectivity index (χ1) is 7.50. The van der Waals surface area contributed by atoms with Crippen LogP contribution in [0.4, 0.5) is 4.39 Å². The van der Waals surface area contributed by atoms with Crippen molar-refractivity contribution in [1.82, 2.24) is 0 Å². The number of hydrogen-bond acceptors (Lipinski definition) is 3. The van der Waals surface area contributed by atoms with Crippen LogP contribution in [0.15, 0.2) is 22.7 Å². The highest BCUT2D eigenvalue weighted by molar-refractivity contribution is 9.10. The van der Waals surface area contributed by atoms with Crippen LogP contribution >= 0.6 is 27.7 Å². The summed E-state index contributed by atoms with van der Waals surface area (Å²) in [5, 5.41) is 8.57. The number of rotatable bonds is 5. The van der Waals surface area contributed by atoms with Gasteiger partial charge in [-0.1, -0.05) is 22.0 Å². The van der Waals surface area contributed by atoms with E-state index in [-0.39, 0.29) is 5.82 Å². The summed E-state index contributed by atoms with van der Waals surface area (Å²) in [7, 11) is 0. The third kappa shape index (κ3) is 4.11. The van der Waals surface area contributed by atoms with Gasteiger partial charge < -0.3 is 10.8 Å². The SMILES string of the molecule is NC(CSCc1ccc(F)cc1Br)C(=O)O. The van der Waals surface area contributed by atoms with Crippen molar-refractivity contribution < 1.29 is 14.3 Å². The molecule has 3 nitrogen and oxygen atoms in total. The molecule has 88 valence electrons. The minimum Gasteiger partial charge on any atom is -0.480 e. The fourth-order valence-electron chi connectivity index (χ4n) is 1.01. The fourth-order valence-corrected chi connectivity index (χ4v) is 2.67. The van der Waals surface area contributed by atoms with E-state index in [0.717, 1.165) is 5.56 Å². The van der Waals surface area contributed by atoms with Gasteiger partial charge in [0.15, 0.2) is 0 Å². The molecule has 0 saturated carbocycles. The van der Waals surface area contributed by atoms with E-state index in [4.69, 9.17) is 10.8 Å². The van der Waals surface area contributed by atoms with Gasteiger partial charge in [-0.15, -0.1) is 0 Å². The molecule has 1 aromatic rings. The molecule has 6 heteroatoms. The summed E-state index contributed by atoms with van der Waals surface area (Å²) in [4.78, 5) is 10.5. The molecule has 1 unspecified atom stereocenters. The van der Waals surface area contributed by atoms with E-state index in [2.05, 4.69) is 15.9 Å². The maximum Gasteiger partial charge on any atom is 0.321 e. The second-order valence-electron chi connectivity index (χ2n) is 3.20. The van der Waals surface area contributed by atoms with Crippen LogP contribution in [-0.4, -0.2) is 22.9 Å². The van der Waals surface area contributed by atoms with Gasteiger partial charge in [-0.3, -0.25) is 4.79 Å². The number of nitrogens with two attached hydrogens (primary N) is 1. The summed E-state index contributed by atoms with van der Waals surface area (Å²) in [6.07, 6.45) is 0. The third-order valence-electron chi connectivity index (χ3n) is 1.89. The van der Waals surface area contributed by atoms with E-state index in [1.54, 1.807) is 6.07 Å². The summed E-state index contributed by atoms with van der Waals surface area (Å²) in [6.45, 7) is 0. The molecule has 0 bridgehead atoms. The summed E-state index contributed by atoms with van der Waals surface area (Å²) in [6, 6.07) is 3.56. The summed E-state index contributed by atoms with van der Waals surface area (Å²) < 4.78 is 13.5. The average molecular weight is 308 g/mol. The number of thioether (sulfide) groups is 1. The zero-order valence-electron chi connectivity index (χ0n) is 8.32. The average Bonchev–Trinajstić information content (AvgIpc) is 2.20. The second kappa shape index (κ2) is 6.22. The monoisotopic (exact) mass is 307 g/mol. The first kappa shape index (κ1) is 13.5. The van der Waals surface area contributed by atoms with Crippen LogP contribution in [0, 0.1) is 5.82 Å². The van der Waals surface area contributed by atoms with E-state index in [1.807, 2.05) is 0 Å². The van der Waals surface area contributed by atoms with Crippen molar-refractivity contribution in [3.8, 4) is 0 Å². The quantitative estimate of drug-likeness (QED) is 0.875. The van der Waals surface area contributed by atoms with Crippen molar-refractivity contribution in [2.24, 2.45) is 5.73 Å². The first-order valence-corrected chi connectivity index (χ1v) is 6.45. The van der Waals surface area contributed by atoms with Gasteiger partial charge in [0.2, 0.25) is 0 Å². The largest absolute Gasteiger partial charge is 0.480 e. The Morgan fingerprint density at radius 2 is 2.31 bits per heavy atom. The minimum atomic E-state index is -1.01. The van der Waals surface area contributed by atoms with E-state index in [9.17, 15) is 9.18 Å². The third-order valence-corrected chi connectivity index (χ3v) is 3.74. The Morgan fingerprint density at radius 3 is 2.88 bits per heavy atom.